The largest absolute Gasteiger partial charge is 0.393 e. The molecule has 4 atom stereocenters. The van der Waals surface area contributed by atoms with Crippen LogP contribution in [0.5, 0.6) is 0 Å². The molecule has 0 bridgehead atoms. The standard InChI is InChI=1S/C14H28N2O/c1-3-14(17)12-7-13(15)9-16(8-12)10(2)11-5-4-6-11/h10-14,17H,3-9,15H2,1-2H3. The molecule has 1 saturated carbocycles. The number of rotatable bonds is 4. The molecule has 2 fully saturated rings. The fourth-order valence-electron chi connectivity index (χ4n) is 3.38. The van der Waals surface area contributed by atoms with Gasteiger partial charge >= 0.3 is 0 Å². The molecule has 0 aromatic heterocycles. The van der Waals surface area contributed by atoms with Crippen LogP contribution in [0.2, 0.25) is 0 Å². The highest BCUT2D eigenvalue weighted by Crippen LogP contribution is 2.34. The molecule has 1 heterocycles. The van der Waals surface area contributed by atoms with Gasteiger partial charge in [-0.1, -0.05) is 13.3 Å². The number of aliphatic hydroxyl groups excluding tert-OH is 1. The van der Waals surface area contributed by atoms with E-state index in [2.05, 4.69) is 18.7 Å². The van der Waals surface area contributed by atoms with E-state index in [9.17, 15) is 5.11 Å². The highest BCUT2D eigenvalue weighted by atomic mass is 16.3. The van der Waals surface area contributed by atoms with Crippen molar-refractivity contribution in [2.75, 3.05) is 13.1 Å². The fourth-order valence-corrected chi connectivity index (χ4v) is 3.38. The van der Waals surface area contributed by atoms with E-state index >= 15 is 0 Å². The maximum Gasteiger partial charge on any atom is 0.0578 e. The van der Waals surface area contributed by atoms with Gasteiger partial charge in [0.25, 0.3) is 0 Å². The molecule has 1 saturated heterocycles. The van der Waals surface area contributed by atoms with Crippen LogP contribution in [-0.2, 0) is 0 Å². The lowest BCUT2D eigenvalue weighted by molar-refractivity contribution is 0.00665. The Labute approximate surface area is 105 Å². The summed E-state index contributed by atoms with van der Waals surface area (Å²) in [6.07, 6.45) is 5.83. The molecule has 3 heteroatoms. The quantitative estimate of drug-likeness (QED) is 0.784. The van der Waals surface area contributed by atoms with Crippen molar-refractivity contribution in [1.29, 1.82) is 0 Å². The number of nitrogens with zero attached hydrogens (tertiary/aromatic N) is 1. The Hall–Kier alpha value is -0.120. The first-order valence-electron chi connectivity index (χ1n) is 7.29. The summed E-state index contributed by atoms with van der Waals surface area (Å²) >= 11 is 0. The predicted molar refractivity (Wildman–Crippen MR) is 70.8 cm³/mol. The number of likely N-dealkylation sites (tertiary alicyclic amines) is 1. The minimum absolute atomic E-state index is 0.169. The van der Waals surface area contributed by atoms with Crippen LogP contribution in [0.1, 0.15) is 46.0 Å². The van der Waals surface area contributed by atoms with Crippen LogP contribution < -0.4 is 5.73 Å². The number of aliphatic hydroxyl groups is 1. The number of nitrogens with two attached hydrogens (primary N) is 1. The summed E-state index contributed by atoms with van der Waals surface area (Å²) in [5.74, 6) is 1.26. The summed E-state index contributed by atoms with van der Waals surface area (Å²) in [5, 5.41) is 10.0. The SMILES string of the molecule is CCC(O)C1CC(N)CN(C(C)C2CCC2)C1. The van der Waals surface area contributed by atoms with Crippen LogP contribution in [0.25, 0.3) is 0 Å². The molecule has 2 aliphatic rings. The zero-order chi connectivity index (χ0) is 12.4. The Bertz CT molecular complexity index is 242. The van der Waals surface area contributed by atoms with E-state index < -0.39 is 0 Å². The lowest BCUT2D eigenvalue weighted by atomic mass is 9.78. The lowest BCUT2D eigenvalue weighted by Gasteiger charge is -2.45. The van der Waals surface area contributed by atoms with Crippen LogP contribution in [0.15, 0.2) is 0 Å². The van der Waals surface area contributed by atoms with Crippen molar-refractivity contribution in [3.05, 3.63) is 0 Å². The van der Waals surface area contributed by atoms with Gasteiger partial charge in [-0.3, -0.25) is 4.90 Å². The topological polar surface area (TPSA) is 49.5 Å². The normalized spacial score (nSPS) is 35.3. The summed E-state index contributed by atoms with van der Waals surface area (Å²) in [6.45, 7) is 6.47. The summed E-state index contributed by atoms with van der Waals surface area (Å²) in [5.41, 5.74) is 6.15. The van der Waals surface area contributed by atoms with Crippen molar-refractivity contribution < 1.29 is 5.11 Å². The minimum Gasteiger partial charge on any atom is -0.393 e. The molecule has 3 nitrogen and oxygen atoms in total. The van der Waals surface area contributed by atoms with Crippen LogP contribution in [0.3, 0.4) is 0 Å². The van der Waals surface area contributed by atoms with E-state index in [-0.39, 0.29) is 12.1 Å². The molecular weight excluding hydrogens is 212 g/mol. The van der Waals surface area contributed by atoms with E-state index in [1.54, 1.807) is 0 Å². The Kier molecular flexibility index (Phi) is 4.45. The average molecular weight is 240 g/mol. The van der Waals surface area contributed by atoms with E-state index in [4.69, 9.17) is 5.73 Å². The maximum atomic E-state index is 10.0. The summed E-state index contributed by atoms with van der Waals surface area (Å²) < 4.78 is 0. The molecular formula is C14H28N2O. The predicted octanol–water partition coefficient (Wildman–Crippen LogP) is 1.60. The van der Waals surface area contributed by atoms with Crippen molar-refractivity contribution in [1.82, 2.24) is 4.90 Å². The third-order valence-corrected chi connectivity index (χ3v) is 4.91. The van der Waals surface area contributed by atoms with E-state index in [1.807, 2.05) is 0 Å². The van der Waals surface area contributed by atoms with Gasteiger partial charge in [-0.2, -0.15) is 0 Å². The maximum absolute atomic E-state index is 10.0. The number of piperidine rings is 1. The van der Waals surface area contributed by atoms with Crippen molar-refractivity contribution in [3.8, 4) is 0 Å². The summed E-state index contributed by atoms with van der Waals surface area (Å²) in [4.78, 5) is 2.53. The Morgan fingerprint density at radius 3 is 2.53 bits per heavy atom. The third-order valence-electron chi connectivity index (χ3n) is 4.91. The summed E-state index contributed by atoms with van der Waals surface area (Å²) in [6, 6.07) is 0.902. The van der Waals surface area contributed by atoms with E-state index in [0.29, 0.717) is 12.0 Å². The molecule has 0 spiro atoms. The smallest absolute Gasteiger partial charge is 0.0578 e. The molecule has 0 aromatic carbocycles. The highest BCUT2D eigenvalue weighted by molar-refractivity contribution is 4.90. The average Bonchev–Trinajstić information content (AvgIpc) is 2.24. The van der Waals surface area contributed by atoms with E-state index in [1.165, 1.54) is 19.3 Å². The molecule has 2 rings (SSSR count). The second-order valence-electron chi connectivity index (χ2n) is 6.12. The molecule has 100 valence electrons. The first kappa shape index (κ1) is 13.3. The zero-order valence-corrected chi connectivity index (χ0v) is 11.3. The lowest BCUT2D eigenvalue weighted by Crippen LogP contribution is -2.54. The molecule has 1 aliphatic carbocycles. The molecule has 0 aromatic rings. The third kappa shape index (κ3) is 3.01. The fraction of sp³-hybridized carbons (Fsp3) is 1.00. The minimum atomic E-state index is -0.169. The molecule has 17 heavy (non-hydrogen) atoms. The Balaban J connectivity index is 1.92. The van der Waals surface area contributed by atoms with Gasteiger partial charge in [-0.05, 0) is 44.4 Å². The van der Waals surface area contributed by atoms with Crippen LogP contribution in [-0.4, -0.2) is 41.3 Å². The Morgan fingerprint density at radius 2 is 2.00 bits per heavy atom. The number of hydrogen-bond acceptors (Lipinski definition) is 3. The van der Waals surface area contributed by atoms with Gasteiger partial charge in [-0.25, -0.2) is 0 Å². The second-order valence-corrected chi connectivity index (χ2v) is 6.12. The van der Waals surface area contributed by atoms with Gasteiger partial charge in [-0.15, -0.1) is 0 Å². The van der Waals surface area contributed by atoms with Crippen molar-refractivity contribution in [2.24, 2.45) is 17.6 Å². The molecule has 4 unspecified atom stereocenters. The van der Waals surface area contributed by atoms with Crippen LogP contribution >= 0.6 is 0 Å². The molecule has 3 N–H and O–H groups in total. The van der Waals surface area contributed by atoms with Gasteiger partial charge in [0, 0.05) is 25.2 Å². The summed E-state index contributed by atoms with van der Waals surface area (Å²) in [7, 11) is 0. The highest BCUT2D eigenvalue weighted by Gasteiger charge is 2.35. The first-order chi connectivity index (χ1) is 8.11. The van der Waals surface area contributed by atoms with Gasteiger partial charge in [0.05, 0.1) is 6.10 Å². The molecule has 0 amide bonds. The zero-order valence-electron chi connectivity index (χ0n) is 11.3. The van der Waals surface area contributed by atoms with Gasteiger partial charge in [0.15, 0.2) is 0 Å². The van der Waals surface area contributed by atoms with Crippen LogP contribution in [0.4, 0.5) is 0 Å². The van der Waals surface area contributed by atoms with Gasteiger partial charge in [0.1, 0.15) is 0 Å². The monoisotopic (exact) mass is 240 g/mol. The number of hydrogen-bond donors (Lipinski definition) is 2. The van der Waals surface area contributed by atoms with Crippen molar-refractivity contribution >= 4 is 0 Å². The van der Waals surface area contributed by atoms with E-state index in [0.717, 1.165) is 31.8 Å². The first-order valence-corrected chi connectivity index (χ1v) is 7.29. The molecule has 0 radical (unpaired) electrons. The van der Waals surface area contributed by atoms with Crippen molar-refractivity contribution in [3.63, 3.8) is 0 Å². The second kappa shape index (κ2) is 5.68. The Morgan fingerprint density at radius 1 is 1.29 bits per heavy atom. The molecule has 1 aliphatic heterocycles. The van der Waals surface area contributed by atoms with Crippen molar-refractivity contribution in [2.45, 2.75) is 64.1 Å². The van der Waals surface area contributed by atoms with Crippen LogP contribution in [0, 0.1) is 11.8 Å². The van der Waals surface area contributed by atoms with Gasteiger partial charge < -0.3 is 10.8 Å². The van der Waals surface area contributed by atoms with Gasteiger partial charge in [0.2, 0.25) is 0 Å².